The molecular formula is C25H29N5O6S. The van der Waals surface area contributed by atoms with E-state index in [1.165, 1.54) is 16.8 Å². The van der Waals surface area contributed by atoms with Crippen molar-refractivity contribution in [3.05, 3.63) is 68.9 Å². The van der Waals surface area contributed by atoms with Crippen LogP contribution in [0, 0.1) is 30.9 Å². The van der Waals surface area contributed by atoms with Crippen molar-refractivity contribution in [2.24, 2.45) is 0 Å². The summed E-state index contributed by atoms with van der Waals surface area (Å²) in [5, 5.41) is 18.7. The molecule has 0 spiro atoms. The molecule has 1 aromatic heterocycles. The highest BCUT2D eigenvalue weighted by molar-refractivity contribution is 7.89. The van der Waals surface area contributed by atoms with E-state index >= 15 is 0 Å². The molecule has 1 fully saturated rings. The number of benzene rings is 2. The normalized spacial score (nSPS) is 13.4. The Kier molecular flexibility index (Phi) is 7.32. The molecule has 0 radical (unpaired) electrons. The number of nitro groups is 1. The van der Waals surface area contributed by atoms with Gasteiger partial charge in [0.1, 0.15) is 10.6 Å². The Bertz CT molecular complexity index is 1480. The average Bonchev–Trinajstić information content (AvgIpc) is 3.60. The number of carbonyl (C=O) groups is 1. The lowest BCUT2D eigenvalue weighted by Gasteiger charge is -2.15. The zero-order valence-corrected chi connectivity index (χ0v) is 21.9. The van der Waals surface area contributed by atoms with Crippen molar-refractivity contribution < 1.29 is 22.9 Å². The molecule has 0 saturated heterocycles. The summed E-state index contributed by atoms with van der Waals surface area (Å²) < 4.78 is 36.4. The molecule has 2 aromatic carbocycles. The van der Waals surface area contributed by atoms with Gasteiger partial charge < -0.3 is 10.1 Å². The van der Waals surface area contributed by atoms with Gasteiger partial charge in [0.05, 0.1) is 10.6 Å². The Morgan fingerprint density at radius 2 is 1.92 bits per heavy atom. The monoisotopic (exact) mass is 527 g/mol. The van der Waals surface area contributed by atoms with Crippen LogP contribution in [0.5, 0.6) is 11.6 Å². The summed E-state index contributed by atoms with van der Waals surface area (Å²) in [6.45, 7) is 7.85. The smallest absolute Gasteiger partial charge is 0.272 e. The van der Waals surface area contributed by atoms with E-state index in [4.69, 9.17) is 4.74 Å². The van der Waals surface area contributed by atoms with E-state index in [2.05, 4.69) is 15.1 Å². The van der Waals surface area contributed by atoms with E-state index < -0.39 is 14.9 Å². The predicted molar refractivity (Wildman–Crippen MR) is 137 cm³/mol. The lowest BCUT2D eigenvalue weighted by Crippen LogP contribution is -2.26. The van der Waals surface area contributed by atoms with Gasteiger partial charge in [-0.1, -0.05) is 19.1 Å². The largest absolute Gasteiger partial charge is 0.437 e. The first-order chi connectivity index (χ1) is 17.5. The maximum atomic E-state index is 13.1. The first kappa shape index (κ1) is 26.3. The minimum Gasteiger partial charge on any atom is -0.437 e. The summed E-state index contributed by atoms with van der Waals surface area (Å²) in [5.74, 6) is -0.374. The molecule has 0 unspecified atom stereocenters. The van der Waals surface area contributed by atoms with Crippen LogP contribution in [0.15, 0.2) is 41.3 Å². The Labute approximate surface area is 215 Å². The molecule has 3 aromatic rings. The van der Waals surface area contributed by atoms with Gasteiger partial charge in [-0.05, 0) is 63.3 Å². The van der Waals surface area contributed by atoms with E-state index in [-0.39, 0.29) is 39.9 Å². The fraction of sp³-hybridized carbons (Fsp3) is 0.360. The van der Waals surface area contributed by atoms with E-state index in [0.717, 1.165) is 23.6 Å². The quantitative estimate of drug-likeness (QED) is 0.298. The zero-order valence-electron chi connectivity index (χ0n) is 21.1. The molecule has 2 N–H and O–H groups in total. The molecule has 1 saturated carbocycles. The third kappa shape index (κ3) is 5.65. The van der Waals surface area contributed by atoms with Crippen LogP contribution in [-0.4, -0.2) is 41.6 Å². The highest BCUT2D eigenvalue weighted by atomic mass is 32.2. The fourth-order valence-electron chi connectivity index (χ4n) is 3.74. The minimum absolute atomic E-state index is 0.117. The number of nitro benzene ring substituents is 1. The molecule has 0 bridgehead atoms. The van der Waals surface area contributed by atoms with Gasteiger partial charge in [0, 0.05) is 30.3 Å². The SMILES string of the molecule is CCCNC(=O)c1nn(-c2cc(C)ccc2C)c(Oc2ccc([N+](=O)[O-])cc2S(=O)(=O)NC2CC2)c1C. The van der Waals surface area contributed by atoms with Gasteiger partial charge in [0.2, 0.25) is 15.9 Å². The van der Waals surface area contributed by atoms with Gasteiger partial charge in [-0.25, -0.2) is 13.1 Å². The van der Waals surface area contributed by atoms with Crippen LogP contribution in [0.2, 0.25) is 0 Å². The van der Waals surface area contributed by atoms with Crippen molar-refractivity contribution >= 4 is 21.6 Å². The Morgan fingerprint density at radius 3 is 2.57 bits per heavy atom. The Hall–Kier alpha value is -3.77. The number of sulfonamides is 1. The lowest BCUT2D eigenvalue weighted by molar-refractivity contribution is -0.385. The minimum atomic E-state index is -4.12. The highest BCUT2D eigenvalue weighted by Crippen LogP contribution is 2.37. The predicted octanol–water partition coefficient (Wildman–Crippen LogP) is 4.08. The second-order valence-corrected chi connectivity index (χ2v) is 10.8. The highest BCUT2D eigenvalue weighted by Gasteiger charge is 2.32. The van der Waals surface area contributed by atoms with Crippen molar-refractivity contribution in [2.45, 2.75) is 57.9 Å². The van der Waals surface area contributed by atoms with E-state index in [9.17, 15) is 23.3 Å². The number of hydrogen-bond donors (Lipinski definition) is 2. The number of amides is 1. The number of ether oxygens (including phenoxy) is 1. The van der Waals surface area contributed by atoms with Crippen LogP contribution in [0.4, 0.5) is 5.69 Å². The first-order valence-corrected chi connectivity index (χ1v) is 13.4. The van der Waals surface area contributed by atoms with Gasteiger partial charge in [-0.2, -0.15) is 9.78 Å². The number of nitrogens with one attached hydrogen (secondary N) is 2. The van der Waals surface area contributed by atoms with E-state index in [1.807, 2.05) is 39.0 Å². The molecular weight excluding hydrogens is 498 g/mol. The summed E-state index contributed by atoms with van der Waals surface area (Å²) in [7, 11) is -4.12. The van der Waals surface area contributed by atoms with Crippen molar-refractivity contribution in [3.63, 3.8) is 0 Å². The van der Waals surface area contributed by atoms with Crippen LogP contribution in [0.3, 0.4) is 0 Å². The van der Waals surface area contributed by atoms with Crippen LogP contribution in [-0.2, 0) is 10.0 Å². The third-order valence-electron chi connectivity index (χ3n) is 5.95. The number of nitrogens with zero attached hydrogens (tertiary/aromatic N) is 3. The molecule has 1 aliphatic rings. The molecule has 4 rings (SSSR count). The third-order valence-corrected chi connectivity index (χ3v) is 7.49. The van der Waals surface area contributed by atoms with E-state index in [0.29, 0.717) is 30.6 Å². The Balaban J connectivity index is 1.87. The summed E-state index contributed by atoms with van der Waals surface area (Å²) >= 11 is 0. The summed E-state index contributed by atoms with van der Waals surface area (Å²) in [4.78, 5) is 23.3. The average molecular weight is 528 g/mol. The summed E-state index contributed by atoms with van der Waals surface area (Å²) in [5.41, 5.74) is 2.59. The fourth-order valence-corrected chi connectivity index (χ4v) is 5.19. The standard InChI is InChI=1S/C25H29N5O6S/c1-5-12-26-24(31)23-17(4)25(29(27-23)20-13-15(2)6-7-16(20)3)36-21-11-10-19(30(32)33)14-22(21)37(34,35)28-18-8-9-18/h6-7,10-11,13-14,18,28H,5,8-9,12H2,1-4H3,(H,26,31). The molecule has 37 heavy (non-hydrogen) atoms. The van der Waals surface area contributed by atoms with Crippen molar-refractivity contribution in [2.75, 3.05) is 6.54 Å². The van der Waals surface area contributed by atoms with Crippen molar-refractivity contribution in [1.29, 1.82) is 0 Å². The van der Waals surface area contributed by atoms with Gasteiger partial charge in [-0.15, -0.1) is 0 Å². The maximum Gasteiger partial charge on any atom is 0.272 e. The van der Waals surface area contributed by atoms with Gasteiger partial charge >= 0.3 is 0 Å². The lowest BCUT2D eigenvalue weighted by atomic mass is 10.1. The molecule has 0 atom stereocenters. The Morgan fingerprint density at radius 1 is 1.19 bits per heavy atom. The molecule has 1 amide bonds. The number of rotatable bonds is 10. The van der Waals surface area contributed by atoms with Gasteiger partial charge in [0.15, 0.2) is 5.69 Å². The molecule has 196 valence electrons. The maximum absolute atomic E-state index is 13.1. The van der Waals surface area contributed by atoms with Crippen LogP contribution < -0.4 is 14.8 Å². The van der Waals surface area contributed by atoms with Crippen molar-refractivity contribution in [3.8, 4) is 17.3 Å². The first-order valence-electron chi connectivity index (χ1n) is 12.0. The summed E-state index contributed by atoms with van der Waals surface area (Å²) in [6, 6.07) is 8.91. The van der Waals surface area contributed by atoms with Crippen LogP contribution in [0.1, 0.15) is 53.4 Å². The molecule has 1 heterocycles. The number of aryl methyl sites for hydroxylation is 2. The van der Waals surface area contributed by atoms with Crippen LogP contribution in [0.25, 0.3) is 5.69 Å². The molecule has 1 aliphatic carbocycles. The van der Waals surface area contributed by atoms with Crippen molar-refractivity contribution in [1.82, 2.24) is 19.8 Å². The number of non-ortho nitro benzene ring substituents is 1. The van der Waals surface area contributed by atoms with E-state index in [1.54, 1.807) is 6.92 Å². The molecule has 12 heteroatoms. The van der Waals surface area contributed by atoms with Gasteiger partial charge in [0.25, 0.3) is 11.6 Å². The second kappa shape index (κ2) is 10.3. The molecule has 0 aliphatic heterocycles. The van der Waals surface area contributed by atoms with Gasteiger partial charge in [-0.3, -0.25) is 14.9 Å². The second-order valence-electron chi connectivity index (χ2n) is 9.12. The van der Waals surface area contributed by atoms with Crippen LogP contribution >= 0.6 is 0 Å². The number of hydrogen-bond acceptors (Lipinski definition) is 7. The zero-order chi connectivity index (χ0) is 26.9. The molecule has 11 nitrogen and oxygen atoms in total. The number of carbonyl (C=O) groups excluding carboxylic acids is 1. The topological polar surface area (TPSA) is 145 Å². The number of aromatic nitrogens is 2. The summed E-state index contributed by atoms with van der Waals surface area (Å²) in [6.07, 6.45) is 2.13.